The van der Waals surface area contributed by atoms with Gasteiger partial charge in [-0.2, -0.15) is 10.1 Å². The van der Waals surface area contributed by atoms with Crippen molar-refractivity contribution in [2.45, 2.75) is 0 Å². The van der Waals surface area contributed by atoms with Gasteiger partial charge in [0, 0.05) is 28.9 Å². The number of morpholine rings is 1. The average Bonchev–Trinajstić information content (AvgIpc) is 3.29. The third-order valence-electron chi connectivity index (χ3n) is 4.87. The van der Waals surface area contributed by atoms with E-state index in [0.717, 1.165) is 42.0 Å². The Bertz CT molecular complexity index is 1220. The van der Waals surface area contributed by atoms with Gasteiger partial charge in [-0.05, 0) is 52.3 Å². The van der Waals surface area contributed by atoms with Crippen molar-refractivity contribution in [3.8, 4) is 0 Å². The van der Waals surface area contributed by atoms with E-state index in [9.17, 15) is 0 Å². The number of nitrogens with zero attached hydrogens (tertiary/aromatic N) is 6. The maximum Gasteiger partial charge on any atom is 0.245 e. The molecule has 0 aliphatic carbocycles. The maximum atomic E-state index is 5.41. The Hall–Kier alpha value is -3.57. The van der Waals surface area contributed by atoms with Crippen molar-refractivity contribution in [2.24, 2.45) is 5.10 Å². The lowest BCUT2D eigenvalue weighted by Crippen LogP contribution is -2.36. The molecule has 1 saturated heterocycles. The number of rotatable bonds is 6. The zero-order valence-electron chi connectivity index (χ0n) is 16.9. The fourth-order valence-electron chi connectivity index (χ4n) is 3.23. The molecule has 162 valence electrons. The summed E-state index contributed by atoms with van der Waals surface area (Å²) in [5.74, 6) is 0.854. The molecule has 0 amide bonds. The number of fused-ring (bicyclic) bond motifs is 1. The minimum absolute atomic E-state index is 0.291. The Labute approximate surface area is 191 Å². The molecule has 1 aliphatic heterocycles. The Morgan fingerprint density at radius 3 is 2.31 bits per heavy atom. The Morgan fingerprint density at radius 2 is 1.59 bits per heavy atom. The molecule has 3 heterocycles. The van der Waals surface area contributed by atoms with Crippen LogP contribution in [0.4, 0.5) is 23.0 Å². The van der Waals surface area contributed by atoms with E-state index in [-0.39, 0.29) is 0 Å². The second kappa shape index (κ2) is 9.28. The highest BCUT2D eigenvalue weighted by Crippen LogP contribution is 2.25. The summed E-state index contributed by atoms with van der Waals surface area (Å²) in [5.41, 5.74) is 6.50. The lowest BCUT2D eigenvalue weighted by molar-refractivity contribution is 0.122. The molecule has 0 saturated carbocycles. The minimum Gasteiger partial charge on any atom is -0.378 e. The SMILES string of the molecule is Brc1ccc(Nc2nc3nonc3nc2N/N=C/c2ccc(N3CCOCC3)cc2)cc1. The maximum absolute atomic E-state index is 5.41. The first kappa shape index (κ1) is 20.3. The van der Waals surface area contributed by atoms with Crippen molar-refractivity contribution in [2.75, 3.05) is 41.9 Å². The topological polar surface area (TPSA) is 114 Å². The van der Waals surface area contributed by atoms with Crippen LogP contribution in [0.3, 0.4) is 0 Å². The summed E-state index contributed by atoms with van der Waals surface area (Å²) in [5, 5.41) is 15.1. The van der Waals surface area contributed by atoms with Crippen LogP contribution in [0.15, 0.2) is 62.7 Å². The second-order valence-electron chi connectivity index (χ2n) is 7.03. The normalized spacial score (nSPS) is 14.2. The Balaban J connectivity index is 1.32. The number of halogens is 1. The van der Waals surface area contributed by atoms with Crippen LogP contribution in [0, 0.1) is 0 Å². The molecule has 11 heteroatoms. The second-order valence-corrected chi connectivity index (χ2v) is 7.94. The molecule has 32 heavy (non-hydrogen) atoms. The highest BCUT2D eigenvalue weighted by molar-refractivity contribution is 9.10. The number of hydrogen-bond acceptors (Lipinski definition) is 10. The largest absolute Gasteiger partial charge is 0.378 e. The van der Waals surface area contributed by atoms with Gasteiger partial charge in [-0.25, -0.2) is 9.61 Å². The molecule has 0 radical (unpaired) electrons. The number of anilines is 4. The van der Waals surface area contributed by atoms with Crippen LogP contribution in [-0.4, -0.2) is 52.8 Å². The van der Waals surface area contributed by atoms with Gasteiger partial charge in [-0.1, -0.05) is 28.1 Å². The standard InChI is InChI=1S/C21H19BrN8O2/c22-15-3-5-16(6-4-15)24-18-19(26-21-20(25-18)28-32-29-21)27-23-13-14-1-7-17(8-2-14)30-9-11-31-12-10-30/h1-8,13H,9-12H2,(H,24,25,28)(H,26,27,29)/b23-13+. The van der Waals surface area contributed by atoms with Crippen LogP contribution in [0.1, 0.15) is 5.56 Å². The van der Waals surface area contributed by atoms with Crippen molar-refractivity contribution in [1.82, 2.24) is 20.3 Å². The summed E-state index contributed by atoms with van der Waals surface area (Å²) in [4.78, 5) is 11.2. The average molecular weight is 495 g/mol. The summed E-state index contributed by atoms with van der Waals surface area (Å²) < 4.78 is 11.1. The van der Waals surface area contributed by atoms with E-state index in [0.29, 0.717) is 22.9 Å². The van der Waals surface area contributed by atoms with E-state index in [1.54, 1.807) is 6.21 Å². The van der Waals surface area contributed by atoms with Gasteiger partial charge in [0.15, 0.2) is 11.6 Å². The van der Waals surface area contributed by atoms with Crippen molar-refractivity contribution in [3.63, 3.8) is 0 Å². The summed E-state index contributed by atoms with van der Waals surface area (Å²) in [6, 6.07) is 15.9. The molecule has 2 aromatic carbocycles. The fourth-order valence-corrected chi connectivity index (χ4v) is 3.50. The molecular weight excluding hydrogens is 476 g/mol. The van der Waals surface area contributed by atoms with Crippen molar-refractivity contribution in [1.29, 1.82) is 0 Å². The molecule has 0 bridgehead atoms. The number of ether oxygens (including phenoxy) is 1. The summed E-state index contributed by atoms with van der Waals surface area (Å²) >= 11 is 3.43. The van der Waals surface area contributed by atoms with Crippen LogP contribution >= 0.6 is 15.9 Å². The van der Waals surface area contributed by atoms with Crippen molar-refractivity contribution < 1.29 is 9.37 Å². The van der Waals surface area contributed by atoms with Crippen LogP contribution in [0.2, 0.25) is 0 Å². The summed E-state index contributed by atoms with van der Waals surface area (Å²) in [7, 11) is 0. The lowest BCUT2D eigenvalue weighted by Gasteiger charge is -2.28. The molecule has 4 aromatic rings. The number of benzene rings is 2. The molecule has 2 aromatic heterocycles. The first-order valence-corrected chi connectivity index (χ1v) is 10.8. The van der Waals surface area contributed by atoms with E-state index in [1.165, 1.54) is 5.69 Å². The van der Waals surface area contributed by atoms with Gasteiger partial charge in [0.2, 0.25) is 11.3 Å². The molecule has 0 atom stereocenters. The van der Waals surface area contributed by atoms with Gasteiger partial charge in [-0.3, -0.25) is 5.43 Å². The highest BCUT2D eigenvalue weighted by Gasteiger charge is 2.13. The van der Waals surface area contributed by atoms with E-state index >= 15 is 0 Å². The number of hydrogen-bond donors (Lipinski definition) is 2. The van der Waals surface area contributed by atoms with Crippen LogP contribution in [0.25, 0.3) is 11.3 Å². The quantitative estimate of drug-likeness (QED) is 0.305. The smallest absolute Gasteiger partial charge is 0.245 e. The number of aromatic nitrogens is 4. The van der Waals surface area contributed by atoms with Gasteiger partial charge < -0.3 is 15.0 Å². The van der Waals surface area contributed by atoms with E-state index in [4.69, 9.17) is 9.37 Å². The van der Waals surface area contributed by atoms with Gasteiger partial charge in [-0.15, -0.1) is 0 Å². The summed E-state index contributed by atoms with van der Waals surface area (Å²) in [6.45, 7) is 3.33. The third kappa shape index (κ3) is 4.68. The molecule has 5 rings (SSSR count). The predicted octanol–water partition coefficient (Wildman–Crippen LogP) is 3.80. The molecule has 2 N–H and O–H groups in total. The van der Waals surface area contributed by atoms with Crippen molar-refractivity contribution in [3.05, 3.63) is 58.6 Å². The fraction of sp³-hybridized carbons (Fsp3) is 0.190. The number of hydrazone groups is 1. The molecule has 1 aliphatic rings. The van der Waals surface area contributed by atoms with Crippen LogP contribution < -0.4 is 15.6 Å². The van der Waals surface area contributed by atoms with Crippen molar-refractivity contribution >= 4 is 56.4 Å². The highest BCUT2D eigenvalue weighted by atomic mass is 79.9. The monoisotopic (exact) mass is 494 g/mol. The van der Waals surface area contributed by atoms with Gasteiger partial charge in [0.05, 0.1) is 19.4 Å². The zero-order chi connectivity index (χ0) is 21.8. The van der Waals surface area contributed by atoms with Crippen LogP contribution in [0.5, 0.6) is 0 Å². The minimum atomic E-state index is 0.291. The summed E-state index contributed by atoms with van der Waals surface area (Å²) in [6.07, 6.45) is 1.72. The molecular formula is C21H19BrN8O2. The third-order valence-corrected chi connectivity index (χ3v) is 5.40. The Morgan fingerprint density at radius 1 is 0.906 bits per heavy atom. The predicted molar refractivity (Wildman–Crippen MR) is 126 cm³/mol. The zero-order valence-corrected chi connectivity index (χ0v) is 18.5. The molecule has 0 spiro atoms. The van der Waals surface area contributed by atoms with E-state index < -0.39 is 0 Å². The molecule has 1 fully saturated rings. The van der Waals surface area contributed by atoms with E-state index in [1.807, 2.05) is 36.4 Å². The number of nitrogens with one attached hydrogen (secondary N) is 2. The first-order chi connectivity index (χ1) is 15.7. The van der Waals surface area contributed by atoms with E-state index in [2.05, 4.69) is 69.1 Å². The van der Waals surface area contributed by atoms with Gasteiger partial charge in [0.25, 0.3) is 0 Å². The lowest BCUT2D eigenvalue weighted by atomic mass is 10.2. The molecule has 0 unspecified atom stereocenters. The Kier molecular flexibility index (Phi) is 5.90. The first-order valence-electron chi connectivity index (χ1n) is 9.99. The molecule has 10 nitrogen and oxygen atoms in total. The van der Waals surface area contributed by atoms with Gasteiger partial charge in [0.1, 0.15) is 0 Å². The van der Waals surface area contributed by atoms with Crippen LogP contribution in [-0.2, 0) is 4.74 Å². The van der Waals surface area contributed by atoms with Gasteiger partial charge >= 0.3 is 0 Å².